The molecule has 1 unspecified atom stereocenters. The molecule has 0 bridgehead atoms. The molecule has 0 aliphatic carbocycles. The zero-order valence-corrected chi connectivity index (χ0v) is 12.2. The van der Waals surface area contributed by atoms with Gasteiger partial charge in [0.2, 0.25) is 0 Å². The Morgan fingerprint density at radius 1 is 1.62 bits per heavy atom. The van der Waals surface area contributed by atoms with Crippen LogP contribution in [0.2, 0.25) is 0 Å². The Hall–Kier alpha value is -0.300. The van der Waals surface area contributed by atoms with Gasteiger partial charge >= 0.3 is 0 Å². The molecule has 1 heterocycles. The molecule has 1 rings (SSSR count). The molecule has 0 aromatic carbocycles. The van der Waals surface area contributed by atoms with E-state index in [2.05, 4.69) is 47.1 Å². The average Bonchev–Trinajstić information content (AvgIpc) is 2.58. The van der Waals surface area contributed by atoms with E-state index in [0.717, 1.165) is 25.8 Å². The summed E-state index contributed by atoms with van der Waals surface area (Å²) in [6.45, 7) is 5.27. The van der Waals surface area contributed by atoms with Gasteiger partial charge in [-0.05, 0) is 53.9 Å². The highest BCUT2D eigenvalue weighted by Gasteiger charge is 2.13. The molecule has 0 saturated carbocycles. The van der Waals surface area contributed by atoms with Crippen LogP contribution in [0.4, 0.5) is 0 Å². The van der Waals surface area contributed by atoms with Crippen molar-refractivity contribution in [1.82, 2.24) is 5.32 Å². The number of hydrogen-bond acceptors (Lipinski definition) is 2. The first-order valence-corrected chi connectivity index (χ1v) is 7.22. The normalized spacial score (nSPS) is 12.4. The first-order valence-electron chi connectivity index (χ1n) is 5.61. The molecule has 1 N–H and O–H groups in total. The van der Waals surface area contributed by atoms with E-state index >= 15 is 0 Å². The van der Waals surface area contributed by atoms with E-state index in [9.17, 15) is 0 Å². The van der Waals surface area contributed by atoms with Crippen LogP contribution in [0.5, 0.6) is 0 Å². The van der Waals surface area contributed by atoms with Crippen molar-refractivity contribution in [2.24, 2.45) is 0 Å². The zero-order valence-electron chi connectivity index (χ0n) is 9.85. The van der Waals surface area contributed by atoms with Crippen molar-refractivity contribution in [2.45, 2.75) is 39.2 Å². The van der Waals surface area contributed by atoms with Crippen molar-refractivity contribution in [3.63, 3.8) is 0 Å². The van der Waals surface area contributed by atoms with Gasteiger partial charge in [0.1, 0.15) is 0 Å². The number of thiophene rings is 1. The molecular weight excluding hydrogens is 282 g/mol. The van der Waals surface area contributed by atoms with Gasteiger partial charge in [-0.1, -0.05) is 6.92 Å². The van der Waals surface area contributed by atoms with Crippen LogP contribution in [-0.4, -0.2) is 6.54 Å². The molecule has 0 fully saturated rings. The smallest absolute Gasteiger partial charge is 0.0731 e. The summed E-state index contributed by atoms with van der Waals surface area (Å²) >= 11 is 5.40. The fraction of sp³-hybridized carbons (Fsp3) is 0.538. The summed E-state index contributed by atoms with van der Waals surface area (Å²) in [5.41, 5.74) is 1.32. The summed E-state index contributed by atoms with van der Waals surface area (Å²) in [4.78, 5) is 1.41. The number of unbranched alkanes of at least 4 members (excludes halogenated alkanes) is 1. The van der Waals surface area contributed by atoms with Crippen LogP contribution < -0.4 is 5.32 Å². The lowest BCUT2D eigenvalue weighted by Gasteiger charge is -2.15. The first-order chi connectivity index (χ1) is 7.69. The fourth-order valence-corrected chi connectivity index (χ4v) is 3.34. The van der Waals surface area contributed by atoms with Gasteiger partial charge in [-0.3, -0.25) is 0 Å². The molecule has 0 spiro atoms. The predicted octanol–water partition coefficient (Wildman–Crippen LogP) is 4.27. The Morgan fingerprint density at radius 2 is 2.38 bits per heavy atom. The SMILES string of the molecule is C#CCCCC(NCC)c1cc(C)c(Br)s1. The lowest BCUT2D eigenvalue weighted by atomic mass is 10.1. The molecule has 1 nitrogen and oxygen atoms in total. The van der Waals surface area contributed by atoms with Gasteiger partial charge in [-0.25, -0.2) is 0 Å². The summed E-state index contributed by atoms with van der Waals surface area (Å²) in [6, 6.07) is 2.71. The second-order valence-electron chi connectivity index (χ2n) is 3.81. The summed E-state index contributed by atoms with van der Waals surface area (Å²) in [5.74, 6) is 2.70. The maximum atomic E-state index is 5.28. The predicted molar refractivity (Wildman–Crippen MR) is 75.9 cm³/mol. The van der Waals surface area contributed by atoms with Crippen molar-refractivity contribution < 1.29 is 0 Å². The van der Waals surface area contributed by atoms with Crippen LogP contribution in [0.25, 0.3) is 0 Å². The van der Waals surface area contributed by atoms with Crippen LogP contribution in [0.3, 0.4) is 0 Å². The average molecular weight is 300 g/mol. The Balaban J connectivity index is 2.65. The minimum Gasteiger partial charge on any atom is -0.310 e. The lowest BCUT2D eigenvalue weighted by Crippen LogP contribution is -2.19. The van der Waals surface area contributed by atoms with E-state index in [0.29, 0.717) is 6.04 Å². The van der Waals surface area contributed by atoms with Crippen LogP contribution in [0.15, 0.2) is 9.85 Å². The monoisotopic (exact) mass is 299 g/mol. The number of rotatable bonds is 6. The second kappa shape index (κ2) is 7.11. The molecule has 1 atom stereocenters. The number of aryl methyl sites for hydroxylation is 1. The molecule has 3 heteroatoms. The van der Waals surface area contributed by atoms with E-state index < -0.39 is 0 Å². The fourth-order valence-electron chi connectivity index (χ4n) is 1.65. The third kappa shape index (κ3) is 3.93. The molecule has 16 heavy (non-hydrogen) atoms. The molecule has 1 aromatic heterocycles. The highest BCUT2D eigenvalue weighted by atomic mass is 79.9. The maximum Gasteiger partial charge on any atom is 0.0731 e. The van der Waals surface area contributed by atoms with Gasteiger partial charge in [-0.2, -0.15) is 0 Å². The third-order valence-corrected chi connectivity index (χ3v) is 4.73. The van der Waals surface area contributed by atoms with Crippen molar-refractivity contribution in [1.29, 1.82) is 0 Å². The quantitative estimate of drug-likeness (QED) is 0.611. The van der Waals surface area contributed by atoms with Gasteiger partial charge < -0.3 is 5.32 Å². The number of terminal acetylenes is 1. The summed E-state index contributed by atoms with van der Waals surface area (Å²) in [6.07, 6.45) is 8.35. The minimum absolute atomic E-state index is 0.452. The lowest BCUT2D eigenvalue weighted by molar-refractivity contribution is 0.509. The number of hydrogen-bond donors (Lipinski definition) is 1. The molecule has 88 valence electrons. The molecule has 1 aromatic rings. The summed E-state index contributed by atoms with van der Waals surface area (Å²) in [5, 5.41) is 3.52. The minimum atomic E-state index is 0.452. The van der Waals surface area contributed by atoms with E-state index in [-0.39, 0.29) is 0 Å². The maximum absolute atomic E-state index is 5.28. The van der Waals surface area contributed by atoms with Crippen LogP contribution >= 0.6 is 27.3 Å². The van der Waals surface area contributed by atoms with E-state index in [1.165, 1.54) is 14.2 Å². The number of nitrogens with one attached hydrogen (secondary N) is 1. The van der Waals surface area contributed by atoms with Gasteiger partial charge in [0.25, 0.3) is 0 Å². The largest absolute Gasteiger partial charge is 0.310 e. The molecule has 0 amide bonds. The highest BCUT2D eigenvalue weighted by Crippen LogP contribution is 2.33. The van der Waals surface area contributed by atoms with Gasteiger partial charge in [-0.15, -0.1) is 23.7 Å². The Bertz CT molecular complexity index is 345. The van der Waals surface area contributed by atoms with E-state index in [1.807, 2.05) is 11.3 Å². The van der Waals surface area contributed by atoms with Crippen molar-refractivity contribution in [3.05, 3.63) is 20.3 Å². The topological polar surface area (TPSA) is 12.0 Å². The highest BCUT2D eigenvalue weighted by molar-refractivity contribution is 9.11. The van der Waals surface area contributed by atoms with E-state index in [1.54, 1.807) is 0 Å². The Kier molecular flexibility index (Phi) is 6.12. The van der Waals surface area contributed by atoms with Crippen LogP contribution in [0.1, 0.15) is 42.7 Å². The van der Waals surface area contributed by atoms with Gasteiger partial charge in [0.15, 0.2) is 0 Å². The van der Waals surface area contributed by atoms with Crippen LogP contribution in [-0.2, 0) is 0 Å². The molecule has 0 aliphatic rings. The zero-order chi connectivity index (χ0) is 12.0. The van der Waals surface area contributed by atoms with Crippen molar-refractivity contribution in [2.75, 3.05) is 6.54 Å². The molecule has 0 aliphatic heterocycles. The Morgan fingerprint density at radius 3 is 2.88 bits per heavy atom. The van der Waals surface area contributed by atoms with E-state index in [4.69, 9.17) is 6.42 Å². The van der Waals surface area contributed by atoms with Gasteiger partial charge in [0.05, 0.1) is 3.79 Å². The first kappa shape index (κ1) is 13.8. The Labute approximate surface area is 111 Å². The van der Waals surface area contributed by atoms with Crippen molar-refractivity contribution in [3.8, 4) is 12.3 Å². The summed E-state index contributed by atoms with van der Waals surface area (Å²) < 4.78 is 1.24. The third-order valence-electron chi connectivity index (χ3n) is 2.48. The molecule has 0 saturated heterocycles. The summed E-state index contributed by atoms with van der Waals surface area (Å²) in [7, 11) is 0. The molecular formula is C13H18BrNS. The number of halogens is 1. The molecule has 0 radical (unpaired) electrons. The van der Waals surface area contributed by atoms with Crippen molar-refractivity contribution >= 4 is 27.3 Å². The van der Waals surface area contributed by atoms with Gasteiger partial charge in [0, 0.05) is 17.3 Å². The standard InChI is InChI=1S/C13H18BrNS/c1-4-6-7-8-11(15-5-2)12-9-10(3)13(14)16-12/h1,9,11,15H,5-8H2,2-3H3. The second-order valence-corrected chi connectivity index (χ2v) is 6.21. The van der Waals surface area contributed by atoms with Crippen LogP contribution in [0, 0.1) is 19.3 Å².